The Kier molecular flexibility index (Phi) is 4.50. The number of benzene rings is 2. The van der Waals surface area contributed by atoms with Crippen LogP contribution in [0, 0.1) is 0 Å². The second-order valence-corrected chi connectivity index (χ2v) is 7.17. The summed E-state index contributed by atoms with van der Waals surface area (Å²) in [4.78, 5) is 17.3. The van der Waals surface area contributed by atoms with Crippen LogP contribution in [0.15, 0.2) is 59.7 Å². The third-order valence-electron chi connectivity index (χ3n) is 4.34. The van der Waals surface area contributed by atoms with Crippen molar-refractivity contribution in [2.45, 2.75) is 19.3 Å². The topological polar surface area (TPSA) is 74.6 Å². The van der Waals surface area contributed by atoms with E-state index in [0.717, 1.165) is 29.7 Å². The molecule has 0 unspecified atom stereocenters. The Bertz CT molecular complexity index is 980. The van der Waals surface area contributed by atoms with E-state index in [0.29, 0.717) is 5.13 Å². The van der Waals surface area contributed by atoms with Crippen LogP contribution in [0.25, 0.3) is 11.3 Å². The van der Waals surface area contributed by atoms with Crippen molar-refractivity contribution >= 4 is 28.1 Å². The van der Waals surface area contributed by atoms with E-state index in [1.165, 1.54) is 21.8 Å². The highest BCUT2D eigenvalue weighted by molar-refractivity contribution is 7.16. The zero-order valence-corrected chi connectivity index (χ0v) is 14.8. The fraction of sp³-hybridized carbons (Fsp3) is 0.150. The minimum absolute atomic E-state index is 0.0600. The summed E-state index contributed by atoms with van der Waals surface area (Å²) >= 11 is 1.54. The van der Waals surface area contributed by atoms with Crippen LogP contribution in [-0.4, -0.2) is 21.8 Å². The molecule has 0 amide bonds. The molecule has 1 aliphatic rings. The van der Waals surface area contributed by atoms with Crippen LogP contribution in [0.4, 0.5) is 5.13 Å². The first-order valence-corrected chi connectivity index (χ1v) is 9.20. The number of anilines is 1. The smallest absolute Gasteiger partial charge is 0.352 e. The van der Waals surface area contributed by atoms with Crippen molar-refractivity contribution in [3.63, 3.8) is 0 Å². The Morgan fingerprint density at radius 1 is 1.12 bits per heavy atom. The monoisotopic (exact) mass is 363 g/mol. The molecule has 1 aromatic heterocycles. The normalized spacial score (nSPS) is 13.0. The van der Waals surface area contributed by atoms with Crippen LogP contribution in [0.2, 0.25) is 0 Å². The van der Waals surface area contributed by atoms with E-state index in [1.807, 2.05) is 42.5 Å². The summed E-state index contributed by atoms with van der Waals surface area (Å²) < 4.78 is 0. The minimum atomic E-state index is -1.03. The van der Waals surface area contributed by atoms with Gasteiger partial charge in [0.15, 0.2) is 0 Å². The molecule has 0 spiro atoms. The molecule has 3 aromatic rings. The molecule has 2 aromatic carbocycles. The van der Waals surface area contributed by atoms with E-state index in [1.54, 1.807) is 0 Å². The lowest BCUT2D eigenvalue weighted by Crippen LogP contribution is -2.17. The quantitative estimate of drug-likeness (QED) is 0.531. The molecule has 0 bridgehead atoms. The van der Waals surface area contributed by atoms with Crippen molar-refractivity contribution in [2.75, 3.05) is 5.43 Å². The van der Waals surface area contributed by atoms with Crippen molar-refractivity contribution in [1.29, 1.82) is 0 Å². The molecule has 0 aliphatic heterocycles. The summed E-state index contributed by atoms with van der Waals surface area (Å²) in [5.41, 5.74) is 7.25. The van der Waals surface area contributed by atoms with Crippen molar-refractivity contribution in [1.82, 2.24) is 4.98 Å². The molecule has 0 atom stereocenters. The van der Waals surface area contributed by atoms with Gasteiger partial charge in [-0.2, -0.15) is 5.10 Å². The van der Waals surface area contributed by atoms with Gasteiger partial charge in [-0.1, -0.05) is 65.9 Å². The lowest BCUT2D eigenvalue weighted by molar-refractivity contribution is -0.129. The van der Waals surface area contributed by atoms with Gasteiger partial charge in [-0.3, -0.25) is 5.43 Å². The van der Waals surface area contributed by atoms with Crippen LogP contribution in [0.1, 0.15) is 16.0 Å². The lowest BCUT2D eigenvalue weighted by Gasteiger charge is -2.13. The molecule has 6 heteroatoms. The average Bonchev–Trinajstić information content (AvgIpc) is 3.09. The number of carboxylic acid groups (broad SMARTS) is 1. The van der Waals surface area contributed by atoms with Crippen molar-refractivity contribution in [3.05, 3.63) is 70.6 Å². The summed E-state index contributed by atoms with van der Waals surface area (Å²) in [7, 11) is 0. The van der Waals surface area contributed by atoms with Gasteiger partial charge in [0.25, 0.3) is 0 Å². The third-order valence-corrected chi connectivity index (χ3v) is 5.36. The Balaban J connectivity index is 1.57. The summed E-state index contributed by atoms with van der Waals surface area (Å²) in [5.74, 6) is -1.03. The van der Waals surface area contributed by atoms with Gasteiger partial charge in [0, 0.05) is 16.9 Å². The molecule has 5 nitrogen and oxygen atoms in total. The number of carboxylic acids is 1. The second-order valence-electron chi connectivity index (χ2n) is 6.09. The van der Waals surface area contributed by atoms with Crippen molar-refractivity contribution < 1.29 is 9.90 Å². The molecule has 130 valence electrons. The SMILES string of the molecule is O=C(O)/C(Cc1ccccc1)=N/Nc1nc2c(s1)CCc1ccccc1-2. The molecular weight excluding hydrogens is 346 g/mol. The maximum Gasteiger partial charge on any atom is 0.352 e. The van der Waals surface area contributed by atoms with Gasteiger partial charge in [0.1, 0.15) is 5.71 Å². The number of aliphatic carboxylic acids is 1. The first-order chi connectivity index (χ1) is 12.7. The number of hydrazone groups is 1. The molecule has 0 fully saturated rings. The zero-order valence-electron chi connectivity index (χ0n) is 14.0. The van der Waals surface area contributed by atoms with Gasteiger partial charge >= 0.3 is 5.97 Å². The number of rotatable bonds is 5. The Hall–Kier alpha value is -2.99. The molecule has 0 radical (unpaired) electrons. The van der Waals surface area contributed by atoms with Gasteiger partial charge in [-0.05, 0) is 24.0 Å². The fourth-order valence-corrected chi connectivity index (χ4v) is 3.98. The van der Waals surface area contributed by atoms with Gasteiger partial charge < -0.3 is 5.11 Å². The van der Waals surface area contributed by atoms with Gasteiger partial charge in [0.05, 0.1) is 5.69 Å². The highest BCUT2D eigenvalue weighted by Crippen LogP contribution is 2.37. The standard InChI is InChI=1S/C20H17N3O2S/c24-19(25)16(12-13-6-2-1-3-7-13)22-23-20-21-18-15-9-5-4-8-14(15)10-11-17(18)26-20/h1-9H,10-12H2,(H,21,23)(H,24,25)/b22-16+. The van der Waals surface area contributed by atoms with E-state index in [4.69, 9.17) is 0 Å². The molecule has 1 heterocycles. The first-order valence-electron chi connectivity index (χ1n) is 8.38. The molecule has 0 saturated heterocycles. The predicted molar refractivity (Wildman–Crippen MR) is 104 cm³/mol. The maximum atomic E-state index is 11.5. The van der Waals surface area contributed by atoms with Crippen LogP contribution in [0.5, 0.6) is 0 Å². The number of carbonyl (C=O) groups is 1. The molecule has 1 aliphatic carbocycles. The van der Waals surface area contributed by atoms with Crippen LogP contribution in [-0.2, 0) is 24.1 Å². The zero-order chi connectivity index (χ0) is 17.9. The van der Waals surface area contributed by atoms with Gasteiger partial charge in [-0.15, -0.1) is 0 Å². The van der Waals surface area contributed by atoms with Gasteiger partial charge in [0.2, 0.25) is 5.13 Å². The summed E-state index contributed by atoms with van der Waals surface area (Å²) in [5, 5.41) is 14.1. The molecule has 0 saturated carbocycles. The number of aromatic nitrogens is 1. The minimum Gasteiger partial charge on any atom is -0.477 e. The largest absolute Gasteiger partial charge is 0.477 e. The molecule has 26 heavy (non-hydrogen) atoms. The molecule has 2 N–H and O–H groups in total. The number of nitrogens with one attached hydrogen (secondary N) is 1. The fourth-order valence-electron chi connectivity index (χ4n) is 3.06. The van der Waals surface area contributed by atoms with E-state index in [9.17, 15) is 9.90 Å². The number of hydrogen-bond acceptors (Lipinski definition) is 5. The Morgan fingerprint density at radius 3 is 2.69 bits per heavy atom. The maximum absolute atomic E-state index is 11.5. The third kappa shape index (κ3) is 3.36. The van der Waals surface area contributed by atoms with Gasteiger partial charge in [-0.25, -0.2) is 9.78 Å². The summed E-state index contributed by atoms with van der Waals surface area (Å²) in [6.45, 7) is 0. The van der Waals surface area contributed by atoms with Crippen LogP contribution in [0.3, 0.4) is 0 Å². The lowest BCUT2D eigenvalue weighted by atomic mass is 9.94. The number of aryl methyl sites for hydroxylation is 2. The van der Waals surface area contributed by atoms with Crippen LogP contribution < -0.4 is 5.43 Å². The Labute approximate surface area is 155 Å². The van der Waals surface area contributed by atoms with Crippen LogP contribution >= 0.6 is 11.3 Å². The number of thiazole rings is 1. The first kappa shape index (κ1) is 16.5. The molecule has 4 rings (SSSR count). The van der Waals surface area contributed by atoms with E-state index in [-0.39, 0.29) is 12.1 Å². The highest BCUT2D eigenvalue weighted by atomic mass is 32.1. The number of nitrogens with zero attached hydrogens (tertiary/aromatic N) is 2. The van der Waals surface area contributed by atoms with E-state index >= 15 is 0 Å². The van der Waals surface area contributed by atoms with Crippen molar-refractivity contribution in [2.24, 2.45) is 5.10 Å². The number of hydrogen-bond donors (Lipinski definition) is 2. The predicted octanol–water partition coefficient (Wildman–Crippen LogP) is 4.00. The highest BCUT2D eigenvalue weighted by Gasteiger charge is 2.20. The second kappa shape index (κ2) is 7.09. The Morgan fingerprint density at radius 2 is 1.88 bits per heavy atom. The van der Waals surface area contributed by atoms with E-state index < -0.39 is 5.97 Å². The summed E-state index contributed by atoms with van der Waals surface area (Å²) in [6.07, 6.45) is 2.21. The average molecular weight is 363 g/mol. The van der Waals surface area contributed by atoms with E-state index in [2.05, 4.69) is 27.6 Å². The summed E-state index contributed by atoms with van der Waals surface area (Å²) in [6, 6.07) is 17.7. The van der Waals surface area contributed by atoms with Crippen molar-refractivity contribution in [3.8, 4) is 11.3 Å². The number of fused-ring (bicyclic) bond motifs is 3. The molecular formula is C20H17N3O2S.